The highest BCUT2D eigenvalue weighted by atomic mass is 16.6. The fourth-order valence-electron chi connectivity index (χ4n) is 7.80. The maximum atomic E-state index is 11.9. The summed E-state index contributed by atoms with van der Waals surface area (Å²) in [5, 5.41) is 0. The third kappa shape index (κ3) is 66.6. The molecule has 0 aromatic heterocycles. The zero-order valence-corrected chi connectivity index (χ0v) is 47.3. The van der Waals surface area contributed by atoms with E-state index in [4.69, 9.17) is 61.6 Å². The third-order valence-electron chi connectivity index (χ3n) is 12.2. The smallest absolute Gasteiger partial charge is 0.305 e. The molecule has 0 radical (unpaired) electrons. The molecule has 0 saturated heterocycles. The minimum absolute atomic E-state index is 0.133. The van der Waals surface area contributed by atoms with Gasteiger partial charge in [0.15, 0.2) is 0 Å². The van der Waals surface area contributed by atoms with E-state index in [2.05, 4.69) is 13.8 Å². The molecule has 0 aliphatic heterocycles. The Morgan fingerprint density at radius 2 is 0.329 bits per heavy atom. The van der Waals surface area contributed by atoms with Crippen LogP contribution in [-0.2, 0) is 71.2 Å². The number of carbonyl (C=O) groups is 2. The van der Waals surface area contributed by atoms with Crippen LogP contribution in [0.4, 0.5) is 0 Å². The maximum absolute atomic E-state index is 11.9. The van der Waals surface area contributed by atoms with Crippen LogP contribution >= 0.6 is 0 Å². The fourth-order valence-corrected chi connectivity index (χ4v) is 7.80. The van der Waals surface area contributed by atoms with E-state index in [1.54, 1.807) is 0 Å². The second-order valence-electron chi connectivity index (χ2n) is 18.9. The van der Waals surface area contributed by atoms with E-state index in [1.807, 2.05) is 0 Å². The molecule has 0 aliphatic carbocycles. The second kappa shape index (κ2) is 66.6. The van der Waals surface area contributed by atoms with E-state index in [0.29, 0.717) is 158 Å². The van der Waals surface area contributed by atoms with Crippen molar-refractivity contribution in [3.8, 4) is 0 Å². The third-order valence-corrected chi connectivity index (χ3v) is 12.2. The van der Waals surface area contributed by atoms with E-state index in [-0.39, 0.29) is 25.2 Å². The maximum Gasteiger partial charge on any atom is 0.305 e. The van der Waals surface area contributed by atoms with E-state index >= 15 is 0 Å². The summed E-state index contributed by atoms with van der Waals surface area (Å²) >= 11 is 0. The standard InChI is InChI=1S/C58H114O15/c1-3-5-7-9-11-13-15-17-18-20-22-24-26-28-30-32-58(60)73-56-54-71-52-50-69-48-46-67-44-42-65-40-38-63-36-34-61-33-35-62-37-39-64-41-43-66-45-47-68-49-51-70-53-55-72-57(59)31-29-27-25-23-21-19-16-14-12-10-8-6-4-2/h3-56H2,1-2H3. The highest BCUT2D eigenvalue weighted by Crippen LogP contribution is 2.15. The number of esters is 2. The first-order chi connectivity index (χ1) is 36.2. The lowest BCUT2D eigenvalue weighted by molar-refractivity contribution is -0.146. The van der Waals surface area contributed by atoms with Gasteiger partial charge in [0.2, 0.25) is 0 Å². The van der Waals surface area contributed by atoms with Gasteiger partial charge in [0.25, 0.3) is 0 Å². The lowest BCUT2D eigenvalue weighted by Crippen LogP contribution is -2.16. The summed E-state index contributed by atoms with van der Waals surface area (Å²) in [5.74, 6) is -0.267. The van der Waals surface area contributed by atoms with Crippen LogP contribution < -0.4 is 0 Å². The molecular weight excluding hydrogens is 937 g/mol. The number of ether oxygens (including phenoxy) is 13. The van der Waals surface area contributed by atoms with Crippen LogP contribution in [0.5, 0.6) is 0 Å². The van der Waals surface area contributed by atoms with Crippen LogP contribution in [0.2, 0.25) is 0 Å². The minimum Gasteiger partial charge on any atom is -0.463 e. The molecule has 0 heterocycles. The predicted octanol–water partition coefficient (Wildman–Crippen LogP) is 12.0. The molecular formula is C58H114O15. The van der Waals surface area contributed by atoms with Crippen molar-refractivity contribution in [2.45, 2.75) is 206 Å². The largest absolute Gasteiger partial charge is 0.463 e. The first-order valence-electron chi connectivity index (χ1n) is 29.9. The van der Waals surface area contributed by atoms with Gasteiger partial charge in [-0.25, -0.2) is 0 Å². The Morgan fingerprint density at radius 3 is 0.493 bits per heavy atom. The van der Waals surface area contributed by atoms with Crippen LogP contribution in [0.1, 0.15) is 206 Å². The van der Waals surface area contributed by atoms with Gasteiger partial charge < -0.3 is 61.6 Å². The molecule has 0 atom stereocenters. The lowest BCUT2D eigenvalue weighted by Gasteiger charge is -2.09. The van der Waals surface area contributed by atoms with Crippen molar-refractivity contribution in [1.82, 2.24) is 0 Å². The Balaban J connectivity index is 3.16. The van der Waals surface area contributed by atoms with E-state index < -0.39 is 0 Å². The average Bonchev–Trinajstić information content (AvgIpc) is 3.39. The molecule has 0 aliphatic rings. The topological polar surface area (TPSA) is 154 Å². The molecule has 436 valence electrons. The van der Waals surface area contributed by atoms with Gasteiger partial charge in [-0.3, -0.25) is 9.59 Å². The molecule has 0 bridgehead atoms. The molecule has 0 spiro atoms. The number of hydrogen-bond acceptors (Lipinski definition) is 15. The molecule has 0 unspecified atom stereocenters. The number of carbonyl (C=O) groups excluding carboxylic acids is 2. The van der Waals surface area contributed by atoms with Crippen molar-refractivity contribution in [2.75, 3.05) is 159 Å². The molecule has 15 heteroatoms. The fraction of sp³-hybridized carbons (Fsp3) is 0.966. The highest BCUT2D eigenvalue weighted by Gasteiger charge is 2.05. The highest BCUT2D eigenvalue weighted by molar-refractivity contribution is 5.69. The van der Waals surface area contributed by atoms with Crippen molar-refractivity contribution in [3.05, 3.63) is 0 Å². The second-order valence-corrected chi connectivity index (χ2v) is 18.9. The van der Waals surface area contributed by atoms with Crippen LogP contribution in [-0.4, -0.2) is 171 Å². The van der Waals surface area contributed by atoms with Gasteiger partial charge in [0, 0.05) is 12.8 Å². The molecule has 15 nitrogen and oxygen atoms in total. The Kier molecular flexibility index (Phi) is 65.2. The number of rotatable bonds is 66. The van der Waals surface area contributed by atoms with Crippen LogP contribution in [0.15, 0.2) is 0 Å². The van der Waals surface area contributed by atoms with Crippen molar-refractivity contribution < 1.29 is 71.2 Å². The molecule has 0 rings (SSSR count). The Hall–Kier alpha value is -1.50. The molecule has 0 N–H and O–H groups in total. The molecule has 0 fully saturated rings. The zero-order chi connectivity index (χ0) is 52.5. The van der Waals surface area contributed by atoms with Crippen molar-refractivity contribution >= 4 is 11.9 Å². The average molecular weight is 1050 g/mol. The van der Waals surface area contributed by atoms with Gasteiger partial charge in [-0.15, -0.1) is 0 Å². The number of hydrogen-bond donors (Lipinski definition) is 0. The normalized spacial score (nSPS) is 11.5. The van der Waals surface area contributed by atoms with Crippen LogP contribution in [0.3, 0.4) is 0 Å². The molecule has 0 saturated carbocycles. The van der Waals surface area contributed by atoms with Gasteiger partial charge >= 0.3 is 11.9 Å². The summed E-state index contributed by atoms with van der Waals surface area (Å²) in [6, 6.07) is 0. The van der Waals surface area contributed by atoms with Crippen molar-refractivity contribution in [1.29, 1.82) is 0 Å². The van der Waals surface area contributed by atoms with Gasteiger partial charge in [-0.1, -0.05) is 181 Å². The zero-order valence-electron chi connectivity index (χ0n) is 47.3. The Morgan fingerprint density at radius 1 is 0.192 bits per heavy atom. The quantitative estimate of drug-likeness (QED) is 0.0419. The summed E-state index contributed by atoms with van der Waals surface area (Å²) in [6.07, 6.45) is 37.5. The van der Waals surface area contributed by atoms with Crippen LogP contribution in [0, 0.1) is 0 Å². The van der Waals surface area contributed by atoms with E-state index in [9.17, 15) is 9.59 Å². The summed E-state index contributed by atoms with van der Waals surface area (Å²) in [4.78, 5) is 23.9. The summed E-state index contributed by atoms with van der Waals surface area (Å²) in [7, 11) is 0. The van der Waals surface area contributed by atoms with Gasteiger partial charge in [0.1, 0.15) is 13.2 Å². The Labute approximate surface area is 446 Å². The minimum atomic E-state index is -0.134. The lowest BCUT2D eigenvalue weighted by atomic mass is 10.0. The van der Waals surface area contributed by atoms with Gasteiger partial charge in [0.05, 0.1) is 145 Å². The summed E-state index contributed by atoms with van der Waals surface area (Å²) < 4.78 is 71.3. The molecule has 73 heavy (non-hydrogen) atoms. The summed E-state index contributed by atoms with van der Waals surface area (Å²) in [6.45, 7) is 15.5. The monoisotopic (exact) mass is 1050 g/mol. The molecule has 0 amide bonds. The van der Waals surface area contributed by atoms with E-state index in [1.165, 1.54) is 154 Å². The van der Waals surface area contributed by atoms with E-state index in [0.717, 1.165) is 25.7 Å². The summed E-state index contributed by atoms with van der Waals surface area (Å²) in [5.41, 5.74) is 0. The van der Waals surface area contributed by atoms with Gasteiger partial charge in [-0.05, 0) is 12.8 Å². The number of unbranched alkanes of at least 4 members (excludes halogenated alkanes) is 26. The molecule has 0 aromatic carbocycles. The predicted molar refractivity (Wildman–Crippen MR) is 291 cm³/mol. The van der Waals surface area contributed by atoms with Gasteiger partial charge in [-0.2, -0.15) is 0 Å². The molecule has 0 aromatic rings. The first-order valence-corrected chi connectivity index (χ1v) is 29.9. The first kappa shape index (κ1) is 71.5. The van der Waals surface area contributed by atoms with Crippen molar-refractivity contribution in [3.63, 3.8) is 0 Å². The Bertz CT molecular complexity index is 1040. The van der Waals surface area contributed by atoms with Crippen molar-refractivity contribution in [2.24, 2.45) is 0 Å². The van der Waals surface area contributed by atoms with Crippen LogP contribution in [0.25, 0.3) is 0 Å². The SMILES string of the molecule is CCCCCCCCCCCCCCCCCC(=O)OCCOCCOCCOCCOCCOCCOCCOCCOCCOCCOCCOCCOC(=O)CCCCCCCCCCCCCCC.